The number of unbranched alkanes of at least 4 members (excludes halogenated alkanes) is 56. The molecule has 11 nitrogen and oxygen atoms in total. The van der Waals surface area contributed by atoms with Gasteiger partial charge in [0.05, 0.1) is 13.2 Å². The Morgan fingerprint density at radius 3 is 0.556 bits per heavy atom. The number of esters is 4. The van der Waals surface area contributed by atoms with Crippen molar-refractivity contribution in [3.05, 3.63) is 0 Å². The molecule has 0 spiro atoms. The summed E-state index contributed by atoms with van der Waals surface area (Å²) in [5, 5.41) is 0. The van der Waals surface area contributed by atoms with Crippen molar-refractivity contribution in [2.45, 2.75) is 451 Å². The molecular weight excluding hydrogens is 1140 g/mol. The lowest BCUT2D eigenvalue weighted by molar-refractivity contribution is -0.161. The van der Waals surface area contributed by atoms with Gasteiger partial charge in [0.1, 0.15) is 13.2 Å². The molecule has 0 N–H and O–H groups in total. The van der Waals surface area contributed by atoms with Gasteiger partial charge in [-0.2, -0.15) is 0 Å². The van der Waals surface area contributed by atoms with Crippen LogP contribution in [0.5, 0.6) is 0 Å². The second-order valence-electron chi connectivity index (χ2n) is 27.3. The van der Waals surface area contributed by atoms with Gasteiger partial charge in [-0.1, -0.05) is 387 Å². The van der Waals surface area contributed by atoms with Crippen LogP contribution in [0.2, 0.25) is 0 Å². The summed E-state index contributed by atoms with van der Waals surface area (Å²) in [6.45, 7) is 8.04. The number of ether oxygens (including phenoxy) is 4. The normalized spacial score (nSPS) is 12.2. The SMILES string of the molecule is CCCCCCCCCCCCCCCCCC(=O)OC[C@@H](CO[PH](=O)OC[C@H](COC(=O)CCCCCCCCCCCCCCCCC)OC(=O)CCCCCCCCCCCCCCCCC)OC(=O)CCCCCCCCCCCCCCCCC. The monoisotopic (exact) mass is 1300 g/mol. The van der Waals surface area contributed by atoms with E-state index in [9.17, 15) is 23.7 Å². The van der Waals surface area contributed by atoms with Crippen LogP contribution >= 0.6 is 8.25 Å². The van der Waals surface area contributed by atoms with E-state index in [0.29, 0.717) is 12.8 Å². The van der Waals surface area contributed by atoms with E-state index < -0.39 is 32.4 Å². The molecular formula is C78H151O11P. The van der Waals surface area contributed by atoms with Gasteiger partial charge in [0.15, 0.2) is 12.2 Å². The summed E-state index contributed by atoms with van der Waals surface area (Å²) in [6, 6.07) is 0. The van der Waals surface area contributed by atoms with Crippen LogP contribution in [0, 0.1) is 0 Å². The molecule has 0 radical (unpaired) electrons. The smallest absolute Gasteiger partial charge is 0.319 e. The van der Waals surface area contributed by atoms with Crippen LogP contribution in [0.15, 0.2) is 0 Å². The molecule has 0 aliphatic heterocycles. The summed E-state index contributed by atoms with van der Waals surface area (Å²) in [5.74, 6) is -1.55. The second-order valence-corrected chi connectivity index (χ2v) is 28.3. The molecule has 2 atom stereocenters. The molecule has 0 aromatic carbocycles. The van der Waals surface area contributed by atoms with Crippen LogP contribution in [-0.2, 0) is 51.7 Å². The van der Waals surface area contributed by atoms with Crippen LogP contribution in [0.4, 0.5) is 0 Å². The zero-order valence-electron chi connectivity index (χ0n) is 60.2. The Labute approximate surface area is 558 Å². The zero-order chi connectivity index (χ0) is 65.4. The fraction of sp³-hybridized carbons (Fsp3) is 0.949. The fourth-order valence-electron chi connectivity index (χ4n) is 12.2. The van der Waals surface area contributed by atoms with Crippen molar-refractivity contribution >= 4 is 32.1 Å². The first-order chi connectivity index (χ1) is 44.2. The lowest BCUT2D eigenvalue weighted by Crippen LogP contribution is -2.30. The molecule has 0 bridgehead atoms. The molecule has 0 aromatic heterocycles. The van der Waals surface area contributed by atoms with E-state index in [1.165, 1.54) is 295 Å². The molecule has 534 valence electrons. The van der Waals surface area contributed by atoms with Crippen molar-refractivity contribution < 1.29 is 51.7 Å². The number of hydrogen-bond acceptors (Lipinski definition) is 11. The molecule has 0 fully saturated rings. The first-order valence-electron chi connectivity index (χ1n) is 39.7. The van der Waals surface area contributed by atoms with Gasteiger partial charge in [0.2, 0.25) is 0 Å². The quantitative estimate of drug-likeness (QED) is 0.0249. The number of carbonyl (C=O) groups excluding carboxylic acids is 4. The molecule has 0 aliphatic carbocycles. The molecule has 0 amide bonds. The predicted octanol–water partition coefficient (Wildman–Crippen LogP) is 25.4. The van der Waals surface area contributed by atoms with E-state index in [1.54, 1.807) is 0 Å². The number of hydrogen-bond donors (Lipinski definition) is 0. The molecule has 0 rings (SSSR count). The summed E-state index contributed by atoms with van der Waals surface area (Å²) < 4.78 is 47.5. The third-order valence-corrected chi connectivity index (χ3v) is 19.0. The maximum atomic E-state index is 13.3. The highest BCUT2D eigenvalue weighted by molar-refractivity contribution is 7.33. The summed E-state index contributed by atoms with van der Waals surface area (Å²) in [5.41, 5.74) is 0. The summed E-state index contributed by atoms with van der Waals surface area (Å²) >= 11 is 0. The standard InChI is InChI=1S/C78H151O11P/c1-5-9-13-17-21-25-29-33-37-41-45-49-53-57-61-65-75(79)84-69-73(88-77(81)67-63-59-55-51-47-43-39-35-31-27-23-19-15-11-7-3)71-86-90(83)87-72-74(89-78(82)68-64-60-56-52-48-44-40-36-32-28-24-20-16-12-8-4)70-85-76(80)66-62-58-54-50-46-42-38-34-30-26-22-18-14-10-6-2/h73-74,90H,5-72H2,1-4H3/t73-,74-/m0/s1. The van der Waals surface area contributed by atoms with Crippen molar-refractivity contribution in [1.29, 1.82) is 0 Å². The van der Waals surface area contributed by atoms with Gasteiger partial charge in [-0.25, -0.2) is 0 Å². The van der Waals surface area contributed by atoms with Gasteiger partial charge in [-0.05, 0) is 25.7 Å². The van der Waals surface area contributed by atoms with Crippen molar-refractivity contribution in [2.75, 3.05) is 26.4 Å². The minimum atomic E-state index is -3.20. The van der Waals surface area contributed by atoms with Gasteiger partial charge in [-0.3, -0.25) is 23.7 Å². The lowest BCUT2D eigenvalue weighted by Gasteiger charge is -2.20. The van der Waals surface area contributed by atoms with E-state index in [-0.39, 0.29) is 64.0 Å². The van der Waals surface area contributed by atoms with Gasteiger partial charge in [0.25, 0.3) is 0 Å². The largest absolute Gasteiger partial charge is 0.462 e. The highest BCUT2D eigenvalue weighted by Crippen LogP contribution is 2.26. The summed E-state index contributed by atoms with van der Waals surface area (Å²) in [4.78, 5) is 52.2. The maximum Gasteiger partial charge on any atom is 0.319 e. The third kappa shape index (κ3) is 70.3. The average molecular weight is 1300 g/mol. The number of carbonyl (C=O) groups is 4. The van der Waals surface area contributed by atoms with Crippen molar-refractivity contribution in [3.8, 4) is 0 Å². The molecule has 0 aromatic rings. The Bertz CT molecular complexity index is 1420. The van der Waals surface area contributed by atoms with Crippen molar-refractivity contribution in [2.24, 2.45) is 0 Å². The topological polar surface area (TPSA) is 141 Å². The Balaban J connectivity index is 5.20. The minimum Gasteiger partial charge on any atom is -0.462 e. The van der Waals surface area contributed by atoms with Crippen LogP contribution in [0.3, 0.4) is 0 Å². The Kier molecular flexibility index (Phi) is 72.8. The zero-order valence-corrected chi connectivity index (χ0v) is 61.2. The third-order valence-electron chi connectivity index (χ3n) is 18.2. The summed E-state index contributed by atoms with van der Waals surface area (Å²) in [7, 11) is -3.20. The predicted molar refractivity (Wildman–Crippen MR) is 381 cm³/mol. The van der Waals surface area contributed by atoms with Gasteiger partial charge in [-0.15, -0.1) is 0 Å². The Hall–Kier alpha value is -1.97. The van der Waals surface area contributed by atoms with Gasteiger partial charge in [0, 0.05) is 25.7 Å². The number of rotatable bonds is 76. The van der Waals surface area contributed by atoms with Crippen LogP contribution in [0.1, 0.15) is 439 Å². The minimum absolute atomic E-state index is 0.216. The van der Waals surface area contributed by atoms with E-state index in [2.05, 4.69) is 27.7 Å². The van der Waals surface area contributed by atoms with Crippen LogP contribution in [0.25, 0.3) is 0 Å². The molecule has 0 saturated heterocycles. The average Bonchev–Trinajstić information content (AvgIpc) is 3.76. The molecule has 0 saturated carbocycles. The van der Waals surface area contributed by atoms with E-state index >= 15 is 0 Å². The van der Waals surface area contributed by atoms with E-state index in [1.807, 2.05) is 0 Å². The highest BCUT2D eigenvalue weighted by atomic mass is 31.1. The first-order valence-corrected chi connectivity index (χ1v) is 41.0. The van der Waals surface area contributed by atoms with Gasteiger partial charge >= 0.3 is 32.1 Å². The van der Waals surface area contributed by atoms with Crippen molar-refractivity contribution in [1.82, 2.24) is 0 Å². The van der Waals surface area contributed by atoms with Crippen LogP contribution < -0.4 is 0 Å². The van der Waals surface area contributed by atoms with E-state index in [0.717, 1.165) is 77.0 Å². The first kappa shape index (κ1) is 88.0. The summed E-state index contributed by atoms with van der Waals surface area (Å²) in [6.07, 6.45) is 73.3. The molecule has 90 heavy (non-hydrogen) atoms. The van der Waals surface area contributed by atoms with Crippen LogP contribution in [-0.4, -0.2) is 62.5 Å². The Morgan fingerprint density at radius 1 is 0.222 bits per heavy atom. The molecule has 0 aliphatic rings. The highest BCUT2D eigenvalue weighted by Gasteiger charge is 2.22. The van der Waals surface area contributed by atoms with Gasteiger partial charge < -0.3 is 28.0 Å². The molecule has 0 heterocycles. The lowest BCUT2D eigenvalue weighted by atomic mass is 10.0. The fourth-order valence-corrected chi connectivity index (χ4v) is 12.9. The Morgan fingerprint density at radius 2 is 0.378 bits per heavy atom. The van der Waals surface area contributed by atoms with Crippen molar-refractivity contribution in [3.63, 3.8) is 0 Å². The van der Waals surface area contributed by atoms with E-state index in [4.69, 9.17) is 28.0 Å². The maximum absolute atomic E-state index is 13.3. The molecule has 12 heteroatoms. The second kappa shape index (κ2) is 74.4. The molecule has 0 unspecified atom stereocenters.